The number of hydrogen-bond acceptors (Lipinski definition) is 8. The number of rotatable bonds is 12. The van der Waals surface area contributed by atoms with Crippen LogP contribution >= 0.6 is 0 Å². The van der Waals surface area contributed by atoms with E-state index in [1.807, 2.05) is 78.9 Å². The smallest absolute Gasteiger partial charge is 0.330 e. The SMILES string of the molecule is COc1ccc(C(OC[C@H]2O[C@@H](n3ccc(=O)[nH]c3=O)[C@@H](OCc3cc4ccc5ccc6ccc7ccc8ccc3c3c8c7c6c5c43)C2O)(c2ccccc2)c2ccc(OC)cc2)cc1. The molecule has 2 N–H and O–H groups in total. The van der Waals surface area contributed by atoms with Crippen molar-refractivity contribution >= 4 is 64.6 Å². The van der Waals surface area contributed by atoms with Gasteiger partial charge in [-0.2, -0.15) is 0 Å². The number of aromatic nitrogens is 2. The lowest BCUT2D eigenvalue weighted by atomic mass is 9.80. The predicted molar refractivity (Wildman–Crippen MR) is 253 cm³/mol. The number of nitrogens with one attached hydrogen (secondary N) is 1. The van der Waals surface area contributed by atoms with Gasteiger partial charge in [-0.1, -0.05) is 115 Å². The normalized spacial score (nSPS) is 18.1. The van der Waals surface area contributed by atoms with E-state index in [4.69, 9.17) is 23.7 Å². The average Bonchev–Trinajstić information content (AvgIpc) is 3.66. The molecule has 10 heteroatoms. The summed E-state index contributed by atoms with van der Waals surface area (Å²) in [5.74, 6) is 1.37. The van der Waals surface area contributed by atoms with Crippen LogP contribution in [0.5, 0.6) is 11.5 Å². The van der Waals surface area contributed by atoms with Crippen LogP contribution in [0.2, 0.25) is 0 Å². The molecule has 0 radical (unpaired) electrons. The van der Waals surface area contributed by atoms with Gasteiger partial charge in [0.2, 0.25) is 0 Å². The van der Waals surface area contributed by atoms with Gasteiger partial charge >= 0.3 is 5.69 Å². The van der Waals surface area contributed by atoms with E-state index in [-0.39, 0.29) is 13.2 Å². The van der Waals surface area contributed by atoms with Crippen molar-refractivity contribution in [3.63, 3.8) is 0 Å². The molecule has 0 spiro atoms. The minimum atomic E-state index is -1.27. The quantitative estimate of drug-likeness (QED) is 0.0708. The molecule has 10 nitrogen and oxygen atoms in total. The molecule has 0 aliphatic carbocycles. The van der Waals surface area contributed by atoms with Crippen LogP contribution in [0.15, 0.2) is 167 Å². The van der Waals surface area contributed by atoms with Gasteiger partial charge in [0.15, 0.2) is 6.23 Å². The topological polar surface area (TPSA) is 121 Å². The van der Waals surface area contributed by atoms with E-state index in [1.54, 1.807) is 14.2 Å². The third-order valence-corrected chi connectivity index (χ3v) is 13.6. The molecule has 0 saturated carbocycles. The maximum atomic E-state index is 13.5. The van der Waals surface area contributed by atoms with E-state index >= 15 is 0 Å². The van der Waals surface area contributed by atoms with Crippen molar-refractivity contribution in [3.8, 4) is 11.5 Å². The lowest BCUT2D eigenvalue weighted by Gasteiger charge is -2.37. The Bertz CT molecular complexity index is 3540. The molecule has 65 heavy (non-hydrogen) atoms. The molecule has 2 heterocycles. The molecule has 12 rings (SSSR count). The van der Waals surface area contributed by atoms with Gasteiger partial charge in [0.25, 0.3) is 5.56 Å². The Balaban J connectivity index is 0.948. The Kier molecular flexibility index (Phi) is 9.15. The van der Waals surface area contributed by atoms with Gasteiger partial charge in [0.05, 0.1) is 27.4 Å². The third kappa shape index (κ3) is 6.02. The van der Waals surface area contributed by atoms with Crippen LogP contribution in [0.3, 0.4) is 0 Å². The molecule has 1 saturated heterocycles. The van der Waals surface area contributed by atoms with Gasteiger partial charge in [-0.25, -0.2) is 4.79 Å². The van der Waals surface area contributed by atoms with Crippen LogP contribution in [0.1, 0.15) is 28.5 Å². The maximum absolute atomic E-state index is 13.5. The maximum Gasteiger partial charge on any atom is 0.330 e. The fraction of sp³-hybridized carbons (Fsp3) is 0.164. The van der Waals surface area contributed by atoms with E-state index in [0.717, 1.165) is 33.0 Å². The number of benzene rings is 10. The second kappa shape index (κ2) is 15.1. The molecule has 11 aromatic rings. The molecule has 0 bridgehead atoms. The van der Waals surface area contributed by atoms with Crippen LogP contribution in [-0.2, 0) is 26.4 Å². The minimum Gasteiger partial charge on any atom is -0.497 e. The molecule has 1 unspecified atom stereocenters. The number of aromatic amines is 1. The van der Waals surface area contributed by atoms with E-state index < -0.39 is 41.4 Å². The number of methoxy groups -OCH3 is 2. The highest BCUT2D eigenvalue weighted by Gasteiger charge is 2.48. The number of aliphatic hydroxyl groups excluding tert-OH is 1. The summed E-state index contributed by atoms with van der Waals surface area (Å²) in [6, 6.07) is 50.6. The molecule has 1 aliphatic rings. The van der Waals surface area contributed by atoms with Gasteiger partial charge in [0.1, 0.15) is 35.4 Å². The summed E-state index contributed by atoms with van der Waals surface area (Å²) in [4.78, 5) is 28.1. The molecule has 320 valence electrons. The zero-order valence-electron chi connectivity index (χ0n) is 35.5. The second-order valence-electron chi connectivity index (χ2n) is 16.9. The largest absolute Gasteiger partial charge is 0.497 e. The Labute approximate surface area is 371 Å². The van der Waals surface area contributed by atoms with Gasteiger partial charge in [-0.3, -0.25) is 14.3 Å². The van der Waals surface area contributed by atoms with Crippen molar-refractivity contribution in [2.75, 3.05) is 20.8 Å². The lowest BCUT2D eigenvalue weighted by molar-refractivity contribution is -0.0990. The van der Waals surface area contributed by atoms with Crippen molar-refractivity contribution in [1.29, 1.82) is 0 Å². The first-order valence-corrected chi connectivity index (χ1v) is 21.7. The number of nitrogens with zero attached hydrogens (tertiary/aromatic N) is 1. The second-order valence-corrected chi connectivity index (χ2v) is 16.9. The molecule has 4 atom stereocenters. The zero-order chi connectivity index (χ0) is 44.0. The predicted octanol–water partition coefficient (Wildman–Crippen LogP) is 9.64. The monoisotopic (exact) mass is 858 g/mol. The zero-order valence-corrected chi connectivity index (χ0v) is 35.5. The van der Waals surface area contributed by atoms with E-state index in [9.17, 15) is 14.7 Å². The van der Waals surface area contributed by atoms with E-state index in [2.05, 4.69) is 71.7 Å². The molecular formula is C55H42N2O8. The molecule has 1 aromatic heterocycles. The lowest BCUT2D eigenvalue weighted by Crippen LogP contribution is -2.41. The fourth-order valence-corrected chi connectivity index (χ4v) is 10.5. The van der Waals surface area contributed by atoms with Crippen molar-refractivity contribution < 1.29 is 28.8 Å². The Morgan fingerprint density at radius 1 is 0.615 bits per heavy atom. The highest BCUT2D eigenvalue weighted by molar-refractivity contribution is 6.44. The first-order chi connectivity index (χ1) is 31.8. The molecule has 1 fully saturated rings. The number of hydrogen-bond donors (Lipinski definition) is 2. The summed E-state index contributed by atoms with van der Waals surface area (Å²) in [6.07, 6.45) is -3.05. The van der Waals surface area contributed by atoms with Crippen LogP contribution in [0.4, 0.5) is 0 Å². The van der Waals surface area contributed by atoms with Gasteiger partial charge in [-0.05, 0) is 117 Å². The van der Waals surface area contributed by atoms with Crippen molar-refractivity contribution in [3.05, 3.63) is 201 Å². The highest BCUT2D eigenvalue weighted by Crippen LogP contribution is 2.49. The summed E-state index contributed by atoms with van der Waals surface area (Å²) in [5.41, 5.74) is 0.932. The summed E-state index contributed by atoms with van der Waals surface area (Å²) in [6.45, 7) is -0.0266. The Morgan fingerprint density at radius 3 is 1.68 bits per heavy atom. The van der Waals surface area contributed by atoms with Crippen LogP contribution < -0.4 is 20.7 Å². The van der Waals surface area contributed by atoms with Crippen molar-refractivity contribution in [1.82, 2.24) is 9.55 Å². The first-order valence-electron chi connectivity index (χ1n) is 21.7. The fourth-order valence-electron chi connectivity index (χ4n) is 10.5. The minimum absolute atomic E-state index is 0.0940. The molecule has 10 aromatic carbocycles. The Morgan fingerprint density at radius 2 is 1.12 bits per heavy atom. The van der Waals surface area contributed by atoms with Crippen molar-refractivity contribution in [2.45, 2.75) is 36.7 Å². The number of H-pyrrole nitrogens is 1. The van der Waals surface area contributed by atoms with Gasteiger partial charge in [-0.15, -0.1) is 0 Å². The summed E-state index contributed by atoms with van der Waals surface area (Å²) in [5, 5.41) is 26.7. The molecule has 1 aliphatic heterocycles. The van der Waals surface area contributed by atoms with Gasteiger partial charge < -0.3 is 28.8 Å². The highest BCUT2D eigenvalue weighted by atomic mass is 16.6. The third-order valence-electron chi connectivity index (χ3n) is 13.6. The van der Waals surface area contributed by atoms with Crippen molar-refractivity contribution in [2.24, 2.45) is 0 Å². The van der Waals surface area contributed by atoms with Crippen LogP contribution in [0, 0.1) is 0 Å². The Hall–Kier alpha value is -7.34. The first kappa shape index (κ1) is 39.3. The molecule has 0 amide bonds. The molecular weight excluding hydrogens is 817 g/mol. The van der Waals surface area contributed by atoms with E-state index in [1.165, 1.54) is 70.7 Å². The standard InChI is InChI=1S/C55H42N2O8/c1-61-40-21-17-38(18-22-40)55(37-6-4-3-5-7-37,39-19-23-41(62-2)24-20-39)64-30-43-51(59)52(53(65-43)57-27-26-44(58)56-54(57)60)63-29-36-28-35-15-14-33-11-9-31-8-10-32-12-13-34-16-25-42(36)50-48(34)46(32)45(31)47(33)49(35)50/h3-28,43,51-53,59H,29-30H2,1-2H3,(H,56,58,60)/t43-,51?,52+,53-/m1/s1. The number of aliphatic hydroxyl groups is 1. The summed E-state index contributed by atoms with van der Waals surface area (Å²) < 4.78 is 33.0. The average molecular weight is 859 g/mol. The van der Waals surface area contributed by atoms with Crippen LogP contribution in [0.25, 0.3) is 64.6 Å². The van der Waals surface area contributed by atoms with E-state index in [0.29, 0.717) is 11.5 Å². The summed E-state index contributed by atoms with van der Waals surface area (Å²) in [7, 11) is 3.24. The van der Waals surface area contributed by atoms with Gasteiger partial charge in [0, 0.05) is 12.3 Å². The number of ether oxygens (including phenoxy) is 5. The van der Waals surface area contributed by atoms with Crippen LogP contribution in [-0.4, -0.2) is 53.8 Å². The summed E-state index contributed by atoms with van der Waals surface area (Å²) >= 11 is 0.